The molecular weight excluding hydrogens is 405 g/mol. The molecule has 0 bridgehead atoms. The van der Waals surface area contributed by atoms with Gasteiger partial charge in [-0.1, -0.05) is 18.2 Å². The zero-order valence-corrected chi connectivity index (χ0v) is 16.4. The summed E-state index contributed by atoms with van der Waals surface area (Å²) in [6.07, 6.45) is 10.6. The maximum atomic E-state index is 14.4. The van der Waals surface area contributed by atoms with Gasteiger partial charge in [-0.2, -0.15) is 4.39 Å². The number of amidine groups is 1. The van der Waals surface area contributed by atoms with Crippen molar-refractivity contribution >= 4 is 17.4 Å². The van der Waals surface area contributed by atoms with Crippen LogP contribution in [0.2, 0.25) is 0 Å². The largest absolute Gasteiger partial charge is 0.369 e. The summed E-state index contributed by atoms with van der Waals surface area (Å²) in [6, 6.07) is 6.91. The molecular formula is C22H19F3N6. The Balaban J connectivity index is 1.63. The van der Waals surface area contributed by atoms with Crippen molar-refractivity contribution in [3.8, 4) is 0 Å². The van der Waals surface area contributed by atoms with Gasteiger partial charge in [0.2, 0.25) is 5.95 Å². The molecule has 0 radical (unpaired) electrons. The van der Waals surface area contributed by atoms with Crippen molar-refractivity contribution in [2.24, 2.45) is 21.6 Å². The third-order valence-electron chi connectivity index (χ3n) is 5.86. The van der Waals surface area contributed by atoms with E-state index < -0.39 is 30.5 Å². The summed E-state index contributed by atoms with van der Waals surface area (Å²) in [5.41, 5.74) is 6.89. The number of alkyl halides is 2. The molecule has 0 saturated carbocycles. The molecule has 0 fully saturated rings. The van der Waals surface area contributed by atoms with Crippen molar-refractivity contribution in [2.75, 3.05) is 13.1 Å². The SMILES string of the molecule is NC1=NC(c2ccncc2)(C2C=CC=C(c3cccnc3F)C2)C2=NCC(F)(F)CN12. The molecule has 2 aromatic heterocycles. The lowest BCUT2D eigenvalue weighted by Gasteiger charge is -2.39. The Morgan fingerprint density at radius 3 is 2.71 bits per heavy atom. The summed E-state index contributed by atoms with van der Waals surface area (Å²) in [5.74, 6) is -3.52. The standard InChI is InChI=1S/C22H19F3N6/c23-18-17(5-2-8-28-18)14-3-1-4-16(11-14)22(15-6-9-27-10-7-15)19-29-12-21(24,25)13-31(19)20(26)30-22/h1-10,16H,11-13H2,(H2,26,30). The van der Waals surface area contributed by atoms with Gasteiger partial charge in [-0.3, -0.25) is 14.9 Å². The number of hydrogen-bond donors (Lipinski definition) is 1. The van der Waals surface area contributed by atoms with Crippen LogP contribution >= 0.6 is 0 Å². The highest BCUT2D eigenvalue weighted by Gasteiger charge is 2.55. The number of aromatic nitrogens is 2. The maximum Gasteiger partial charge on any atom is 0.284 e. The maximum absolute atomic E-state index is 14.4. The number of pyridine rings is 2. The van der Waals surface area contributed by atoms with E-state index in [1.54, 1.807) is 36.7 Å². The Labute approximate surface area is 176 Å². The van der Waals surface area contributed by atoms with E-state index in [4.69, 9.17) is 10.7 Å². The van der Waals surface area contributed by atoms with Crippen LogP contribution in [0.3, 0.4) is 0 Å². The van der Waals surface area contributed by atoms with Crippen LogP contribution < -0.4 is 5.73 Å². The fraction of sp³-hybridized carbons (Fsp3) is 0.273. The second-order valence-corrected chi connectivity index (χ2v) is 7.78. The van der Waals surface area contributed by atoms with E-state index in [1.807, 2.05) is 18.2 Å². The smallest absolute Gasteiger partial charge is 0.284 e. The lowest BCUT2D eigenvalue weighted by atomic mass is 9.72. The van der Waals surface area contributed by atoms with Crippen LogP contribution in [0.15, 0.2) is 71.1 Å². The van der Waals surface area contributed by atoms with Gasteiger partial charge in [-0.05, 0) is 41.8 Å². The van der Waals surface area contributed by atoms with Gasteiger partial charge in [0.25, 0.3) is 5.92 Å². The summed E-state index contributed by atoms with van der Waals surface area (Å²) in [5, 5.41) is 0. The van der Waals surface area contributed by atoms with Crippen molar-refractivity contribution < 1.29 is 13.2 Å². The van der Waals surface area contributed by atoms with Gasteiger partial charge >= 0.3 is 0 Å². The second kappa shape index (κ2) is 7.04. The van der Waals surface area contributed by atoms with E-state index in [2.05, 4.69) is 15.0 Å². The number of allylic oxidation sites excluding steroid dienone is 3. The van der Waals surface area contributed by atoms with Crippen molar-refractivity contribution in [3.05, 3.63) is 78.2 Å². The fourth-order valence-corrected chi connectivity index (χ4v) is 4.49. The predicted molar refractivity (Wildman–Crippen MR) is 111 cm³/mol. The highest BCUT2D eigenvalue weighted by Crippen LogP contribution is 2.47. The third kappa shape index (κ3) is 3.11. The highest BCUT2D eigenvalue weighted by atomic mass is 19.3. The van der Waals surface area contributed by atoms with Gasteiger partial charge in [0, 0.05) is 30.1 Å². The number of rotatable bonds is 3. The van der Waals surface area contributed by atoms with Gasteiger partial charge in [0.15, 0.2) is 11.5 Å². The number of nitrogens with two attached hydrogens (primary N) is 1. The Bertz CT molecular complexity index is 1140. The zero-order chi connectivity index (χ0) is 21.6. The number of nitrogens with zero attached hydrogens (tertiary/aromatic N) is 5. The fourth-order valence-electron chi connectivity index (χ4n) is 4.49. The lowest BCUT2D eigenvalue weighted by molar-refractivity contribution is -0.00476. The topological polar surface area (TPSA) is 79.8 Å². The van der Waals surface area contributed by atoms with Crippen molar-refractivity contribution in [1.82, 2.24) is 14.9 Å². The van der Waals surface area contributed by atoms with Crippen LogP contribution in [-0.2, 0) is 5.54 Å². The van der Waals surface area contributed by atoms with Crippen LogP contribution in [0.5, 0.6) is 0 Å². The van der Waals surface area contributed by atoms with Crippen LogP contribution in [0.4, 0.5) is 13.2 Å². The molecule has 2 aromatic rings. The molecule has 4 heterocycles. The number of halogens is 3. The van der Waals surface area contributed by atoms with Gasteiger partial charge < -0.3 is 5.73 Å². The number of hydrogen-bond acceptors (Lipinski definition) is 6. The summed E-state index contributed by atoms with van der Waals surface area (Å²) in [7, 11) is 0. The first-order valence-corrected chi connectivity index (χ1v) is 9.85. The highest BCUT2D eigenvalue weighted by molar-refractivity contribution is 6.11. The van der Waals surface area contributed by atoms with Crippen LogP contribution in [-0.4, -0.2) is 45.7 Å². The Morgan fingerprint density at radius 1 is 1.13 bits per heavy atom. The minimum Gasteiger partial charge on any atom is -0.369 e. The van der Waals surface area contributed by atoms with Crippen LogP contribution in [0.1, 0.15) is 17.5 Å². The van der Waals surface area contributed by atoms with Gasteiger partial charge in [0.05, 0.1) is 6.54 Å². The first-order valence-electron chi connectivity index (χ1n) is 9.85. The van der Waals surface area contributed by atoms with Crippen molar-refractivity contribution in [1.29, 1.82) is 0 Å². The molecule has 158 valence electrons. The van der Waals surface area contributed by atoms with Gasteiger partial charge in [0.1, 0.15) is 12.4 Å². The average molecular weight is 424 g/mol. The summed E-state index contributed by atoms with van der Waals surface area (Å²) >= 11 is 0. The second-order valence-electron chi connectivity index (χ2n) is 7.78. The number of aliphatic imine (C=N–C) groups is 2. The molecule has 2 aliphatic heterocycles. The molecule has 0 amide bonds. The minimum atomic E-state index is -3.00. The van der Waals surface area contributed by atoms with E-state index in [0.717, 1.165) is 11.1 Å². The Morgan fingerprint density at radius 2 is 1.94 bits per heavy atom. The Hall–Kier alpha value is -3.49. The van der Waals surface area contributed by atoms with E-state index in [9.17, 15) is 13.2 Å². The summed E-state index contributed by atoms with van der Waals surface area (Å²) in [4.78, 5) is 18.1. The molecule has 3 aliphatic rings. The van der Waals surface area contributed by atoms with Gasteiger partial charge in [-0.15, -0.1) is 0 Å². The number of guanidine groups is 1. The molecule has 9 heteroatoms. The van der Waals surface area contributed by atoms with Crippen molar-refractivity contribution in [3.63, 3.8) is 0 Å². The first-order chi connectivity index (χ1) is 14.9. The lowest BCUT2D eigenvalue weighted by Crippen LogP contribution is -2.54. The van der Waals surface area contributed by atoms with Crippen LogP contribution in [0.25, 0.3) is 5.57 Å². The van der Waals surface area contributed by atoms with Gasteiger partial charge in [-0.25, -0.2) is 18.8 Å². The molecule has 2 atom stereocenters. The molecule has 5 rings (SSSR count). The predicted octanol–water partition coefficient (Wildman–Crippen LogP) is 3.15. The molecule has 0 spiro atoms. The quantitative estimate of drug-likeness (QED) is 0.768. The molecule has 0 saturated heterocycles. The molecule has 2 unspecified atom stereocenters. The van der Waals surface area contributed by atoms with E-state index >= 15 is 0 Å². The monoisotopic (exact) mass is 424 g/mol. The van der Waals surface area contributed by atoms with Crippen molar-refractivity contribution in [2.45, 2.75) is 17.9 Å². The molecule has 0 aromatic carbocycles. The molecule has 2 N–H and O–H groups in total. The summed E-state index contributed by atoms with van der Waals surface area (Å²) in [6.45, 7) is -1.21. The van der Waals surface area contributed by atoms with E-state index in [0.29, 0.717) is 17.8 Å². The molecule has 31 heavy (non-hydrogen) atoms. The molecule has 1 aliphatic carbocycles. The minimum absolute atomic E-state index is 0.00741. The zero-order valence-electron chi connectivity index (χ0n) is 16.4. The third-order valence-corrected chi connectivity index (χ3v) is 5.86. The van der Waals surface area contributed by atoms with Crippen LogP contribution in [0, 0.1) is 11.9 Å². The Kier molecular flexibility index (Phi) is 4.42. The average Bonchev–Trinajstić information content (AvgIpc) is 3.06. The van der Waals surface area contributed by atoms with E-state index in [1.165, 1.54) is 11.1 Å². The molecule has 6 nitrogen and oxygen atoms in total. The normalized spacial score (nSPS) is 26.7. The van der Waals surface area contributed by atoms with E-state index in [-0.39, 0.29) is 11.9 Å². The first kappa shape index (κ1) is 19.5. The number of fused-ring (bicyclic) bond motifs is 1. The summed E-state index contributed by atoms with van der Waals surface area (Å²) < 4.78 is 42.6.